The van der Waals surface area contributed by atoms with Crippen molar-refractivity contribution in [3.05, 3.63) is 54.1 Å². The Morgan fingerprint density at radius 1 is 1.14 bits per heavy atom. The maximum atomic E-state index is 5.98. The molecule has 0 radical (unpaired) electrons. The SMILES string of the molecule is COc1cc(-c2ccccc2)ccc1CN1CCC(N)C1.Cl. The molecule has 4 heteroatoms. The van der Waals surface area contributed by atoms with Gasteiger partial charge >= 0.3 is 0 Å². The summed E-state index contributed by atoms with van der Waals surface area (Å²) in [5, 5.41) is 0. The number of nitrogens with two attached hydrogens (primary N) is 1. The first-order chi connectivity index (χ1) is 10.3. The monoisotopic (exact) mass is 318 g/mol. The average molecular weight is 319 g/mol. The number of nitrogens with zero attached hydrogens (tertiary/aromatic N) is 1. The van der Waals surface area contributed by atoms with Crippen LogP contribution in [0.25, 0.3) is 11.1 Å². The fourth-order valence-corrected chi connectivity index (χ4v) is 2.93. The summed E-state index contributed by atoms with van der Waals surface area (Å²) in [7, 11) is 1.74. The molecule has 1 aliphatic rings. The molecular weight excluding hydrogens is 296 g/mol. The summed E-state index contributed by atoms with van der Waals surface area (Å²) in [5.41, 5.74) is 9.61. The van der Waals surface area contributed by atoms with E-state index in [1.807, 2.05) is 6.07 Å². The lowest BCUT2D eigenvalue weighted by Crippen LogP contribution is -2.26. The summed E-state index contributed by atoms with van der Waals surface area (Å²) in [6.45, 7) is 2.96. The van der Waals surface area contributed by atoms with Gasteiger partial charge in [-0.25, -0.2) is 0 Å². The predicted octanol–water partition coefficient (Wildman–Crippen LogP) is 3.32. The minimum absolute atomic E-state index is 0. The number of hydrogen-bond acceptors (Lipinski definition) is 3. The summed E-state index contributed by atoms with van der Waals surface area (Å²) >= 11 is 0. The van der Waals surface area contributed by atoms with Crippen LogP contribution in [0.5, 0.6) is 5.75 Å². The molecule has 3 rings (SSSR count). The van der Waals surface area contributed by atoms with E-state index in [1.165, 1.54) is 16.7 Å². The first kappa shape index (κ1) is 16.8. The van der Waals surface area contributed by atoms with E-state index in [9.17, 15) is 0 Å². The number of halogens is 1. The first-order valence-corrected chi connectivity index (χ1v) is 7.46. The smallest absolute Gasteiger partial charge is 0.123 e. The fourth-order valence-electron chi connectivity index (χ4n) is 2.93. The molecule has 0 saturated carbocycles. The Kier molecular flexibility index (Phi) is 5.83. The van der Waals surface area contributed by atoms with Crippen molar-refractivity contribution in [2.24, 2.45) is 5.73 Å². The Bertz CT molecular complexity index is 603. The lowest BCUT2D eigenvalue weighted by Gasteiger charge is -2.18. The van der Waals surface area contributed by atoms with Crippen molar-refractivity contribution >= 4 is 12.4 Å². The van der Waals surface area contributed by atoms with Crippen molar-refractivity contribution in [1.82, 2.24) is 4.90 Å². The molecule has 0 amide bonds. The highest BCUT2D eigenvalue weighted by Crippen LogP contribution is 2.28. The summed E-state index contributed by atoms with van der Waals surface area (Å²) in [4.78, 5) is 2.39. The van der Waals surface area contributed by atoms with Crippen LogP contribution in [0.4, 0.5) is 0 Å². The minimum Gasteiger partial charge on any atom is -0.496 e. The zero-order valence-electron chi connectivity index (χ0n) is 12.9. The van der Waals surface area contributed by atoms with Gasteiger partial charge in [-0.05, 0) is 23.6 Å². The van der Waals surface area contributed by atoms with Crippen LogP contribution < -0.4 is 10.5 Å². The van der Waals surface area contributed by atoms with E-state index < -0.39 is 0 Å². The molecule has 1 fully saturated rings. The van der Waals surface area contributed by atoms with Crippen LogP contribution in [-0.2, 0) is 6.54 Å². The van der Waals surface area contributed by atoms with Crippen LogP contribution in [0, 0.1) is 0 Å². The molecule has 2 aromatic carbocycles. The quantitative estimate of drug-likeness (QED) is 0.940. The lowest BCUT2D eigenvalue weighted by atomic mass is 10.0. The van der Waals surface area contributed by atoms with Gasteiger partial charge in [-0.3, -0.25) is 4.90 Å². The molecule has 1 heterocycles. The van der Waals surface area contributed by atoms with E-state index in [4.69, 9.17) is 10.5 Å². The summed E-state index contributed by atoms with van der Waals surface area (Å²) in [5.74, 6) is 0.955. The zero-order chi connectivity index (χ0) is 14.7. The van der Waals surface area contributed by atoms with Crippen molar-refractivity contribution in [3.63, 3.8) is 0 Å². The van der Waals surface area contributed by atoms with Gasteiger partial charge in [-0.15, -0.1) is 12.4 Å². The Hall–Kier alpha value is -1.55. The van der Waals surface area contributed by atoms with Gasteiger partial charge < -0.3 is 10.5 Å². The second-order valence-electron chi connectivity index (χ2n) is 5.68. The van der Waals surface area contributed by atoms with Crippen LogP contribution in [0.3, 0.4) is 0 Å². The molecule has 2 N–H and O–H groups in total. The van der Waals surface area contributed by atoms with E-state index >= 15 is 0 Å². The summed E-state index contributed by atoms with van der Waals surface area (Å²) in [6.07, 6.45) is 1.09. The maximum Gasteiger partial charge on any atom is 0.123 e. The number of ether oxygens (including phenoxy) is 1. The molecule has 2 aromatic rings. The highest BCUT2D eigenvalue weighted by atomic mass is 35.5. The van der Waals surface area contributed by atoms with Gasteiger partial charge in [0.1, 0.15) is 5.75 Å². The van der Waals surface area contributed by atoms with Gasteiger partial charge in [0.25, 0.3) is 0 Å². The third kappa shape index (κ3) is 3.80. The van der Waals surface area contributed by atoms with Gasteiger partial charge in [-0.2, -0.15) is 0 Å². The number of hydrogen-bond donors (Lipinski definition) is 1. The van der Waals surface area contributed by atoms with Crippen molar-refractivity contribution in [2.75, 3.05) is 20.2 Å². The first-order valence-electron chi connectivity index (χ1n) is 7.46. The second kappa shape index (κ2) is 7.63. The molecule has 0 aliphatic carbocycles. The Morgan fingerprint density at radius 2 is 1.91 bits per heavy atom. The average Bonchev–Trinajstić information content (AvgIpc) is 2.94. The van der Waals surface area contributed by atoms with Crippen LogP contribution in [0.1, 0.15) is 12.0 Å². The van der Waals surface area contributed by atoms with Gasteiger partial charge in [0.2, 0.25) is 0 Å². The van der Waals surface area contributed by atoms with E-state index in [-0.39, 0.29) is 12.4 Å². The lowest BCUT2D eigenvalue weighted by molar-refractivity contribution is 0.317. The van der Waals surface area contributed by atoms with E-state index in [1.54, 1.807) is 7.11 Å². The fraction of sp³-hybridized carbons (Fsp3) is 0.333. The van der Waals surface area contributed by atoms with Crippen molar-refractivity contribution in [1.29, 1.82) is 0 Å². The van der Waals surface area contributed by atoms with Gasteiger partial charge in [-0.1, -0.05) is 42.5 Å². The maximum absolute atomic E-state index is 5.98. The third-order valence-corrected chi connectivity index (χ3v) is 4.10. The summed E-state index contributed by atoms with van der Waals surface area (Å²) in [6, 6.07) is 17.2. The molecule has 22 heavy (non-hydrogen) atoms. The van der Waals surface area contributed by atoms with Crippen molar-refractivity contribution in [3.8, 4) is 16.9 Å². The molecule has 1 atom stereocenters. The largest absolute Gasteiger partial charge is 0.496 e. The van der Waals surface area contributed by atoms with Crippen molar-refractivity contribution in [2.45, 2.75) is 19.0 Å². The van der Waals surface area contributed by atoms with Crippen LogP contribution in [0.2, 0.25) is 0 Å². The third-order valence-electron chi connectivity index (χ3n) is 4.10. The zero-order valence-corrected chi connectivity index (χ0v) is 13.7. The van der Waals surface area contributed by atoms with Gasteiger partial charge in [0.05, 0.1) is 7.11 Å². The van der Waals surface area contributed by atoms with E-state index in [0.717, 1.165) is 31.8 Å². The van der Waals surface area contributed by atoms with Crippen LogP contribution in [0.15, 0.2) is 48.5 Å². The van der Waals surface area contributed by atoms with E-state index in [2.05, 4.69) is 47.4 Å². The number of likely N-dealkylation sites (tertiary alicyclic amines) is 1. The molecule has 0 spiro atoms. The topological polar surface area (TPSA) is 38.5 Å². The summed E-state index contributed by atoms with van der Waals surface area (Å²) < 4.78 is 5.59. The molecule has 0 bridgehead atoms. The molecule has 0 aromatic heterocycles. The van der Waals surface area contributed by atoms with Gasteiger partial charge in [0.15, 0.2) is 0 Å². The Balaban J connectivity index is 0.00000176. The van der Waals surface area contributed by atoms with Crippen LogP contribution >= 0.6 is 12.4 Å². The number of benzene rings is 2. The second-order valence-corrected chi connectivity index (χ2v) is 5.68. The molecule has 3 nitrogen and oxygen atoms in total. The molecular formula is C18H23ClN2O. The highest BCUT2D eigenvalue weighted by molar-refractivity contribution is 5.85. The molecule has 1 unspecified atom stereocenters. The van der Waals surface area contributed by atoms with Crippen LogP contribution in [-0.4, -0.2) is 31.1 Å². The highest BCUT2D eigenvalue weighted by Gasteiger charge is 2.20. The minimum atomic E-state index is 0. The molecule has 118 valence electrons. The van der Waals surface area contributed by atoms with Crippen molar-refractivity contribution < 1.29 is 4.74 Å². The Labute approximate surface area is 138 Å². The van der Waals surface area contributed by atoms with E-state index in [0.29, 0.717) is 6.04 Å². The molecule has 1 saturated heterocycles. The Morgan fingerprint density at radius 3 is 2.55 bits per heavy atom. The number of rotatable bonds is 4. The van der Waals surface area contributed by atoms with Gasteiger partial charge in [0, 0.05) is 31.2 Å². The standard InChI is InChI=1S/C18H22N2O.ClH/c1-21-18-11-15(14-5-3-2-4-6-14)7-8-16(18)12-20-10-9-17(19)13-20;/h2-8,11,17H,9-10,12-13,19H2,1H3;1H. The number of methoxy groups -OCH3 is 1. The molecule has 1 aliphatic heterocycles. The predicted molar refractivity (Wildman–Crippen MR) is 93.5 cm³/mol. The normalized spacial score (nSPS) is 18.0.